The fourth-order valence-corrected chi connectivity index (χ4v) is 3.63. The van der Waals surface area contributed by atoms with E-state index in [1.165, 1.54) is 6.07 Å². The van der Waals surface area contributed by atoms with Gasteiger partial charge in [0.15, 0.2) is 28.6 Å². The van der Waals surface area contributed by atoms with Gasteiger partial charge in [-0.05, 0) is 31.2 Å². The second-order valence-corrected chi connectivity index (χ2v) is 7.55. The molecular formula is C22H22F2N4O3S. The van der Waals surface area contributed by atoms with Gasteiger partial charge in [-0.15, -0.1) is 16.8 Å². The molecule has 1 heterocycles. The topological polar surface area (TPSA) is 78.3 Å². The van der Waals surface area contributed by atoms with Gasteiger partial charge in [-0.25, -0.2) is 8.78 Å². The number of carbonyl (C=O) groups excluding carboxylic acids is 1. The maximum atomic E-state index is 13.7. The van der Waals surface area contributed by atoms with Crippen LogP contribution < -0.4 is 14.8 Å². The molecular weight excluding hydrogens is 438 g/mol. The molecule has 0 aliphatic rings. The number of carbonyl (C=O) groups is 1. The first-order valence-electron chi connectivity index (χ1n) is 9.64. The Morgan fingerprint density at radius 2 is 2.00 bits per heavy atom. The zero-order valence-corrected chi connectivity index (χ0v) is 18.4. The van der Waals surface area contributed by atoms with Crippen molar-refractivity contribution in [2.75, 3.05) is 18.2 Å². The summed E-state index contributed by atoms with van der Waals surface area (Å²) in [6.45, 7) is 5.99. The number of hydrogen-bond acceptors (Lipinski definition) is 6. The lowest BCUT2D eigenvalue weighted by Gasteiger charge is -2.17. The highest BCUT2D eigenvalue weighted by Gasteiger charge is 2.21. The van der Waals surface area contributed by atoms with Crippen molar-refractivity contribution in [2.24, 2.45) is 0 Å². The first-order valence-corrected chi connectivity index (χ1v) is 10.6. The van der Waals surface area contributed by atoms with Crippen LogP contribution in [0.4, 0.5) is 14.5 Å². The van der Waals surface area contributed by atoms with E-state index in [1.54, 1.807) is 29.9 Å². The van der Waals surface area contributed by atoms with E-state index in [2.05, 4.69) is 22.1 Å². The highest BCUT2D eigenvalue weighted by molar-refractivity contribution is 7.99. The van der Waals surface area contributed by atoms with Crippen molar-refractivity contribution in [1.82, 2.24) is 14.8 Å². The number of thioether (sulfide) groups is 1. The number of aromatic nitrogens is 3. The zero-order valence-electron chi connectivity index (χ0n) is 17.5. The number of halogens is 2. The van der Waals surface area contributed by atoms with Gasteiger partial charge < -0.3 is 14.8 Å². The van der Waals surface area contributed by atoms with Gasteiger partial charge in [0, 0.05) is 12.6 Å². The van der Waals surface area contributed by atoms with Crippen molar-refractivity contribution in [3.05, 3.63) is 72.6 Å². The van der Waals surface area contributed by atoms with Crippen LogP contribution in [0.15, 0.2) is 60.3 Å². The molecule has 0 saturated heterocycles. The highest BCUT2D eigenvalue weighted by atomic mass is 32.2. The molecule has 3 aromatic rings. The van der Waals surface area contributed by atoms with E-state index >= 15 is 0 Å². The summed E-state index contributed by atoms with van der Waals surface area (Å²) in [4.78, 5) is 12.2. The Labute approximate surface area is 188 Å². The molecule has 1 atom stereocenters. The molecule has 32 heavy (non-hydrogen) atoms. The molecule has 1 amide bonds. The summed E-state index contributed by atoms with van der Waals surface area (Å²) in [5.41, 5.74) is -0.0934. The number of ether oxygens (including phenoxy) is 2. The third kappa shape index (κ3) is 5.64. The van der Waals surface area contributed by atoms with Crippen LogP contribution in [0.1, 0.15) is 18.9 Å². The number of nitrogens with one attached hydrogen (secondary N) is 1. The minimum absolute atomic E-state index is 0.0478. The second-order valence-electron chi connectivity index (χ2n) is 6.61. The average molecular weight is 461 g/mol. The normalized spacial score (nSPS) is 11.6. The molecule has 2 aromatic carbocycles. The maximum Gasteiger partial charge on any atom is 0.234 e. The lowest BCUT2D eigenvalue weighted by molar-refractivity contribution is -0.113. The van der Waals surface area contributed by atoms with Crippen molar-refractivity contribution >= 4 is 23.4 Å². The molecule has 10 heteroatoms. The third-order valence-electron chi connectivity index (χ3n) is 4.33. The van der Waals surface area contributed by atoms with Crippen LogP contribution >= 0.6 is 11.8 Å². The monoisotopic (exact) mass is 460 g/mol. The van der Waals surface area contributed by atoms with E-state index in [4.69, 9.17) is 9.47 Å². The lowest BCUT2D eigenvalue weighted by Crippen LogP contribution is -2.16. The van der Waals surface area contributed by atoms with Gasteiger partial charge in [0.25, 0.3) is 0 Å². The Kier molecular flexibility index (Phi) is 7.82. The first-order chi connectivity index (χ1) is 15.4. The van der Waals surface area contributed by atoms with Gasteiger partial charge >= 0.3 is 0 Å². The summed E-state index contributed by atoms with van der Waals surface area (Å²) in [6.07, 6.45) is 1.22. The Morgan fingerprint density at radius 1 is 1.25 bits per heavy atom. The van der Waals surface area contributed by atoms with Crippen LogP contribution in [0.5, 0.6) is 11.5 Å². The number of para-hydroxylation sites is 2. The summed E-state index contributed by atoms with van der Waals surface area (Å²) in [6, 6.07) is 10.2. The van der Waals surface area contributed by atoms with Crippen molar-refractivity contribution in [3.63, 3.8) is 0 Å². The van der Waals surface area contributed by atoms with E-state index in [0.717, 1.165) is 17.8 Å². The van der Waals surface area contributed by atoms with Crippen molar-refractivity contribution < 1.29 is 23.0 Å². The van der Waals surface area contributed by atoms with Gasteiger partial charge in [0.2, 0.25) is 5.91 Å². The number of hydrogen-bond donors (Lipinski definition) is 1. The highest BCUT2D eigenvalue weighted by Crippen LogP contribution is 2.31. The molecule has 0 bridgehead atoms. The summed E-state index contributed by atoms with van der Waals surface area (Å²) < 4.78 is 39.9. The Hall–Kier alpha value is -3.40. The smallest absolute Gasteiger partial charge is 0.234 e. The van der Waals surface area contributed by atoms with E-state index in [-0.39, 0.29) is 11.4 Å². The third-order valence-corrected chi connectivity index (χ3v) is 5.30. The molecule has 0 aliphatic heterocycles. The van der Waals surface area contributed by atoms with Gasteiger partial charge in [-0.2, -0.15) is 0 Å². The summed E-state index contributed by atoms with van der Waals surface area (Å²) >= 11 is 1.13. The number of rotatable bonds is 10. The molecule has 0 aliphatic carbocycles. The molecule has 7 nitrogen and oxygen atoms in total. The van der Waals surface area contributed by atoms with Crippen molar-refractivity contribution in [1.29, 1.82) is 0 Å². The van der Waals surface area contributed by atoms with E-state index in [1.807, 2.05) is 19.1 Å². The quantitative estimate of drug-likeness (QED) is 0.351. The number of benzene rings is 2. The van der Waals surface area contributed by atoms with Gasteiger partial charge in [0.05, 0.1) is 18.6 Å². The fourth-order valence-electron chi connectivity index (χ4n) is 2.87. The standard InChI is InChI=1S/C22H22F2N4O3S/c1-4-11-28-21(14(2)31-19-8-6-5-7-18(19)30-3)26-27-22(28)32-13-20(29)25-17-10-9-15(23)12-16(17)24/h4-10,12,14H,1,11,13H2,2-3H3,(H,25,29). The molecule has 0 fully saturated rings. The van der Waals surface area contributed by atoms with E-state index in [9.17, 15) is 13.6 Å². The lowest BCUT2D eigenvalue weighted by atomic mass is 10.3. The van der Waals surface area contributed by atoms with E-state index < -0.39 is 23.6 Å². The van der Waals surface area contributed by atoms with Crippen molar-refractivity contribution in [2.45, 2.75) is 24.7 Å². The second kappa shape index (κ2) is 10.8. The average Bonchev–Trinajstić information content (AvgIpc) is 3.17. The Morgan fingerprint density at radius 3 is 2.69 bits per heavy atom. The van der Waals surface area contributed by atoms with Gasteiger partial charge in [-0.3, -0.25) is 9.36 Å². The van der Waals surface area contributed by atoms with Crippen LogP contribution in [0.3, 0.4) is 0 Å². The number of methoxy groups -OCH3 is 1. The van der Waals surface area contributed by atoms with Crippen LogP contribution in [-0.2, 0) is 11.3 Å². The number of nitrogens with zero attached hydrogens (tertiary/aromatic N) is 3. The SMILES string of the molecule is C=CCn1c(SCC(=O)Nc2ccc(F)cc2F)nnc1C(C)Oc1ccccc1OC. The Bertz CT molecular complexity index is 1110. The summed E-state index contributed by atoms with van der Waals surface area (Å²) in [5.74, 6) is -0.378. The number of anilines is 1. The molecule has 1 aromatic heterocycles. The molecule has 0 radical (unpaired) electrons. The number of allylic oxidation sites excluding steroid dienone is 1. The molecule has 0 spiro atoms. The Balaban J connectivity index is 1.69. The van der Waals surface area contributed by atoms with E-state index in [0.29, 0.717) is 35.1 Å². The minimum atomic E-state index is -0.845. The minimum Gasteiger partial charge on any atom is -0.493 e. The van der Waals surface area contributed by atoms with Crippen LogP contribution in [0.25, 0.3) is 0 Å². The first kappa shape index (κ1) is 23.3. The number of amides is 1. The van der Waals surface area contributed by atoms with Crippen LogP contribution in [0.2, 0.25) is 0 Å². The summed E-state index contributed by atoms with van der Waals surface area (Å²) in [7, 11) is 1.56. The fraction of sp³-hybridized carbons (Fsp3) is 0.227. The van der Waals surface area contributed by atoms with Crippen molar-refractivity contribution in [3.8, 4) is 11.5 Å². The van der Waals surface area contributed by atoms with Gasteiger partial charge in [0.1, 0.15) is 11.6 Å². The van der Waals surface area contributed by atoms with Crippen LogP contribution in [-0.4, -0.2) is 33.5 Å². The zero-order chi connectivity index (χ0) is 23.1. The largest absolute Gasteiger partial charge is 0.493 e. The maximum absolute atomic E-state index is 13.7. The van der Waals surface area contributed by atoms with Crippen LogP contribution in [0, 0.1) is 11.6 Å². The molecule has 3 rings (SSSR count). The molecule has 168 valence electrons. The molecule has 1 unspecified atom stereocenters. The molecule has 0 saturated carbocycles. The summed E-state index contributed by atoms with van der Waals surface area (Å²) in [5, 5.41) is 11.3. The van der Waals surface area contributed by atoms with Gasteiger partial charge in [-0.1, -0.05) is 30.0 Å². The molecule has 1 N–H and O–H groups in total. The predicted molar refractivity (Wildman–Crippen MR) is 118 cm³/mol. The predicted octanol–water partition coefficient (Wildman–Crippen LogP) is 4.62.